The van der Waals surface area contributed by atoms with Crippen LogP contribution in [0.5, 0.6) is 0 Å². The number of carbonyl (C=O) groups excluding carboxylic acids is 1. The van der Waals surface area contributed by atoms with E-state index in [0.29, 0.717) is 40.4 Å². The molecule has 8 heteroatoms. The Kier molecular flexibility index (Phi) is 5.64. The molecular weight excluding hydrogens is 331 g/mol. The fraction of sp³-hybridized carbons (Fsp3) is 0.385. The van der Waals surface area contributed by atoms with E-state index in [1.807, 2.05) is 0 Å². The average Bonchev–Trinajstić information content (AvgIpc) is 2.43. The molecule has 3 N–H and O–H groups in total. The summed E-state index contributed by atoms with van der Waals surface area (Å²) in [7, 11) is 0. The van der Waals surface area contributed by atoms with Gasteiger partial charge in [-0.05, 0) is 18.2 Å². The van der Waals surface area contributed by atoms with Crippen LogP contribution in [0.15, 0.2) is 18.2 Å². The quantitative estimate of drug-likeness (QED) is 0.825. The van der Waals surface area contributed by atoms with Crippen LogP contribution in [0.2, 0.25) is 10.0 Å². The number of nitrogens with one attached hydrogen (secondary N) is 1. The number of anilines is 1. The van der Waals surface area contributed by atoms with Gasteiger partial charge in [0.1, 0.15) is 0 Å². The predicted molar refractivity (Wildman–Crippen MR) is 90.3 cm³/mol. The van der Waals surface area contributed by atoms with E-state index in [1.165, 1.54) is 0 Å². The summed E-state index contributed by atoms with van der Waals surface area (Å²) in [6.07, 6.45) is 0. The molecule has 21 heavy (non-hydrogen) atoms. The minimum Gasteiger partial charge on any atom is -0.392 e. The molecule has 0 atom stereocenters. The summed E-state index contributed by atoms with van der Waals surface area (Å²) in [4.78, 5) is 16.5. The molecule has 0 radical (unpaired) electrons. The smallest absolute Gasteiger partial charge is 0.321 e. The van der Waals surface area contributed by atoms with Crippen molar-refractivity contribution in [2.45, 2.75) is 0 Å². The van der Waals surface area contributed by atoms with Crippen LogP contribution in [0.1, 0.15) is 0 Å². The number of rotatable bonds is 3. The number of thiocarbonyl (C=S) groups is 1. The molecule has 0 bridgehead atoms. The Morgan fingerprint density at radius 2 is 1.95 bits per heavy atom. The van der Waals surface area contributed by atoms with Gasteiger partial charge in [0.15, 0.2) is 0 Å². The van der Waals surface area contributed by atoms with E-state index in [9.17, 15) is 4.79 Å². The first-order valence-corrected chi connectivity index (χ1v) is 7.64. The number of carbonyl (C=O) groups is 1. The normalized spacial score (nSPS) is 15.8. The molecule has 2 amide bonds. The molecular formula is C13H16Cl2N4OS. The highest BCUT2D eigenvalue weighted by molar-refractivity contribution is 7.80. The molecule has 1 heterocycles. The maximum Gasteiger partial charge on any atom is 0.321 e. The van der Waals surface area contributed by atoms with Crippen LogP contribution in [-0.2, 0) is 0 Å². The van der Waals surface area contributed by atoms with Gasteiger partial charge < -0.3 is 16.0 Å². The SMILES string of the molecule is NC(=S)CN1CCN(C(=O)Nc2cc(Cl)ccc2Cl)CC1. The highest BCUT2D eigenvalue weighted by atomic mass is 35.5. The molecule has 1 aliphatic rings. The first-order valence-electron chi connectivity index (χ1n) is 6.47. The molecule has 0 unspecified atom stereocenters. The zero-order valence-corrected chi connectivity index (χ0v) is 13.6. The summed E-state index contributed by atoms with van der Waals surface area (Å²) < 4.78 is 0. The van der Waals surface area contributed by atoms with E-state index >= 15 is 0 Å². The fourth-order valence-corrected chi connectivity index (χ4v) is 2.64. The third-order valence-corrected chi connectivity index (χ3v) is 3.90. The van der Waals surface area contributed by atoms with Crippen molar-refractivity contribution < 1.29 is 4.79 Å². The first-order chi connectivity index (χ1) is 9.95. The lowest BCUT2D eigenvalue weighted by atomic mass is 10.3. The highest BCUT2D eigenvalue weighted by Crippen LogP contribution is 2.25. The zero-order chi connectivity index (χ0) is 15.4. The molecule has 1 aromatic carbocycles. The molecule has 0 aliphatic carbocycles. The van der Waals surface area contributed by atoms with Crippen LogP contribution in [0.3, 0.4) is 0 Å². The molecule has 0 aromatic heterocycles. The summed E-state index contributed by atoms with van der Waals surface area (Å²) in [6.45, 7) is 3.31. The van der Waals surface area contributed by atoms with Crippen molar-refractivity contribution in [3.63, 3.8) is 0 Å². The summed E-state index contributed by atoms with van der Waals surface area (Å²) in [5.41, 5.74) is 6.03. The number of urea groups is 1. The Morgan fingerprint density at radius 3 is 2.57 bits per heavy atom. The number of halogens is 2. The molecule has 2 rings (SSSR count). The van der Waals surface area contributed by atoms with Crippen molar-refractivity contribution in [3.05, 3.63) is 28.2 Å². The van der Waals surface area contributed by atoms with Gasteiger partial charge in [0.05, 0.1) is 15.7 Å². The van der Waals surface area contributed by atoms with Gasteiger partial charge in [0.25, 0.3) is 0 Å². The maximum atomic E-state index is 12.2. The van der Waals surface area contributed by atoms with E-state index in [0.717, 1.165) is 13.1 Å². The predicted octanol–water partition coefficient (Wildman–Crippen LogP) is 2.43. The van der Waals surface area contributed by atoms with Crippen molar-refractivity contribution >= 4 is 52.1 Å². The van der Waals surface area contributed by atoms with E-state index in [-0.39, 0.29) is 6.03 Å². The molecule has 1 fully saturated rings. The minimum absolute atomic E-state index is 0.186. The number of hydrogen-bond acceptors (Lipinski definition) is 3. The van der Waals surface area contributed by atoms with Crippen LogP contribution in [0.25, 0.3) is 0 Å². The topological polar surface area (TPSA) is 61.6 Å². The van der Waals surface area contributed by atoms with Gasteiger partial charge in [-0.3, -0.25) is 4.90 Å². The average molecular weight is 347 g/mol. The van der Waals surface area contributed by atoms with Crippen molar-refractivity contribution in [1.29, 1.82) is 0 Å². The van der Waals surface area contributed by atoms with Crippen molar-refractivity contribution in [2.24, 2.45) is 5.73 Å². The van der Waals surface area contributed by atoms with Gasteiger partial charge in [-0.1, -0.05) is 35.4 Å². The lowest BCUT2D eigenvalue weighted by Gasteiger charge is -2.34. The molecule has 5 nitrogen and oxygen atoms in total. The molecule has 1 aliphatic heterocycles. The summed E-state index contributed by atoms with van der Waals surface area (Å²) in [5.74, 6) is 0. The van der Waals surface area contributed by atoms with Crippen LogP contribution in [-0.4, -0.2) is 53.5 Å². The Balaban J connectivity index is 1.90. The lowest BCUT2D eigenvalue weighted by molar-refractivity contribution is 0.158. The van der Waals surface area contributed by atoms with Gasteiger partial charge in [0, 0.05) is 37.7 Å². The third kappa shape index (κ3) is 4.71. The Morgan fingerprint density at radius 1 is 1.29 bits per heavy atom. The third-order valence-electron chi connectivity index (χ3n) is 3.21. The van der Waals surface area contributed by atoms with Gasteiger partial charge >= 0.3 is 6.03 Å². The van der Waals surface area contributed by atoms with Crippen LogP contribution < -0.4 is 11.1 Å². The van der Waals surface area contributed by atoms with Gasteiger partial charge in [0.2, 0.25) is 0 Å². The lowest BCUT2D eigenvalue weighted by Crippen LogP contribution is -2.51. The number of nitrogens with two attached hydrogens (primary N) is 1. The highest BCUT2D eigenvalue weighted by Gasteiger charge is 2.21. The minimum atomic E-state index is -0.186. The standard InChI is InChI=1S/C13H16Cl2N4OS/c14-9-1-2-10(15)11(7-9)17-13(20)19-5-3-18(4-6-19)8-12(16)21/h1-2,7H,3-6,8H2,(H2,16,21)(H,17,20). The zero-order valence-electron chi connectivity index (χ0n) is 11.3. The number of piperazine rings is 1. The van der Waals surface area contributed by atoms with E-state index in [4.69, 9.17) is 41.2 Å². The van der Waals surface area contributed by atoms with E-state index in [2.05, 4.69) is 10.2 Å². The number of amides is 2. The first kappa shape index (κ1) is 16.3. The van der Waals surface area contributed by atoms with E-state index < -0.39 is 0 Å². The monoisotopic (exact) mass is 346 g/mol. The summed E-state index contributed by atoms with van der Waals surface area (Å²) in [6, 6.07) is 4.77. The summed E-state index contributed by atoms with van der Waals surface area (Å²) in [5, 5.41) is 3.76. The molecule has 0 spiro atoms. The molecule has 1 aromatic rings. The van der Waals surface area contributed by atoms with Crippen LogP contribution in [0.4, 0.5) is 10.5 Å². The number of hydrogen-bond donors (Lipinski definition) is 2. The molecule has 114 valence electrons. The summed E-state index contributed by atoms with van der Waals surface area (Å²) >= 11 is 16.8. The van der Waals surface area contributed by atoms with Gasteiger partial charge in [-0.25, -0.2) is 4.79 Å². The second-order valence-electron chi connectivity index (χ2n) is 4.78. The fourth-order valence-electron chi connectivity index (χ4n) is 2.12. The number of benzene rings is 1. The Labute approximate surface area is 139 Å². The van der Waals surface area contributed by atoms with Crippen LogP contribution in [0, 0.1) is 0 Å². The molecule has 0 saturated carbocycles. The van der Waals surface area contributed by atoms with Gasteiger partial charge in [-0.2, -0.15) is 0 Å². The Hall–Kier alpha value is -1.08. The largest absolute Gasteiger partial charge is 0.392 e. The second-order valence-corrected chi connectivity index (χ2v) is 6.15. The van der Waals surface area contributed by atoms with Crippen molar-refractivity contribution in [3.8, 4) is 0 Å². The van der Waals surface area contributed by atoms with Crippen LogP contribution >= 0.6 is 35.4 Å². The van der Waals surface area contributed by atoms with Crippen molar-refractivity contribution in [2.75, 3.05) is 38.0 Å². The number of nitrogens with zero attached hydrogens (tertiary/aromatic N) is 2. The second kappa shape index (κ2) is 7.26. The maximum absolute atomic E-state index is 12.2. The van der Waals surface area contributed by atoms with Gasteiger partial charge in [-0.15, -0.1) is 0 Å². The van der Waals surface area contributed by atoms with Crippen molar-refractivity contribution in [1.82, 2.24) is 9.80 Å². The van der Waals surface area contributed by atoms with E-state index in [1.54, 1.807) is 23.1 Å². The Bertz CT molecular complexity index is 547. The molecule has 1 saturated heterocycles.